The van der Waals surface area contributed by atoms with Gasteiger partial charge in [0, 0.05) is 23.3 Å². The zero-order valence-corrected chi connectivity index (χ0v) is 17.6. The molecule has 150 valence electrons. The average molecular weight is 413 g/mol. The number of pyridine rings is 1. The average Bonchev–Trinajstić information content (AvgIpc) is 3.20. The zero-order valence-electron chi connectivity index (χ0n) is 16.8. The van der Waals surface area contributed by atoms with Crippen molar-refractivity contribution in [1.82, 2.24) is 9.66 Å². The summed E-state index contributed by atoms with van der Waals surface area (Å²) >= 11 is 1.68. The highest BCUT2D eigenvalue weighted by Gasteiger charge is 2.15. The Morgan fingerprint density at radius 3 is 2.60 bits per heavy atom. The molecule has 0 atom stereocenters. The van der Waals surface area contributed by atoms with Crippen LogP contribution < -0.4 is 4.80 Å². The fourth-order valence-corrected chi connectivity index (χ4v) is 4.97. The lowest BCUT2D eigenvalue weighted by Gasteiger charge is -2.16. The molecule has 0 aliphatic heterocycles. The third-order valence-corrected chi connectivity index (χ3v) is 6.48. The Morgan fingerprint density at radius 1 is 0.933 bits per heavy atom. The lowest BCUT2D eigenvalue weighted by atomic mass is 9.96. The summed E-state index contributed by atoms with van der Waals surface area (Å²) in [5.41, 5.74) is 3.29. The van der Waals surface area contributed by atoms with Crippen LogP contribution in [0.5, 0.6) is 0 Å². The molecule has 5 rings (SSSR count). The van der Waals surface area contributed by atoms with E-state index in [1.54, 1.807) is 23.7 Å². The number of aromatic nitrogens is 2. The number of nitrogens with zero attached hydrogens (tertiary/aromatic N) is 4. The second-order valence-corrected chi connectivity index (χ2v) is 8.52. The molecule has 0 unspecified atom stereocenters. The van der Waals surface area contributed by atoms with Crippen molar-refractivity contribution in [3.05, 3.63) is 82.7 Å². The van der Waals surface area contributed by atoms with E-state index in [2.05, 4.69) is 52.8 Å². The molecular weight excluding hydrogens is 388 g/mol. The third-order valence-electron chi connectivity index (χ3n) is 5.65. The highest BCUT2D eigenvalue weighted by atomic mass is 32.1. The van der Waals surface area contributed by atoms with E-state index in [1.165, 1.54) is 48.4 Å². The van der Waals surface area contributed by atoms with Gasteiger partial charge in [-0.25, -0.2) is 4.68 Å². The SMILES string of the molecule is C(=Nn1c(-c2cccc3ccccc23)csc1=NC1CCCCC1)c1ccncc1. The van der Waals surface area contributed by atoms with Crippen molar-refractivity contribution in [2.24, 2.45) is 10.1 Å². The minimum atomic E-state index is 0.403. The van der Waals surface area contributed by atoms with Crippen molar-refractivity contribution in [1.29, 1.82) is 0 Å². The Balaban J connectivity index is 1.65. The molecule has 2 heterocycles. The molecule has 5 heteroatoms. The summed E-state index contributed by atoms with van der Waals surface area (Å²) in [6.07, 6.45) is 11.7. The maximum atomic E-state index is 5.11. The fraction of sp³-hybridized carbons (Fsp3) is 0.240. The van der Waals surface area contributed by atoms with Gasteiger partial charge in [0.2, 0.25) is 4.80 Å². The smallest absolute Gasteiger partial charge is 0.206 e. The molecule has 0 N–H and O–H groups in total. The molecule has 2 aromatic carbocycles. The van der Waals surface area contributed by atoms with Crippen molar-refractivity contribution in [2.75, 3.05) is 0 Å². The summed E-state index contributed by atoms with van der Waals surface area (Å²) in [5.74, 6) is 0. The second kappa shape index (κ2) is 8.76. The summed E-state index contributed by atoms with van der Waals surface area (Å²) in [6, 6.07) is 19.3. The van der Waals surface area contributed by atoms with Crippen LogP contribution in [0.3, 0.4) is 0 Å². The van der Waals surface area contributed by atoms with Gasteiger partial charge in [0.15, 0.2) is 0 Å². The molecule has 1 saturated carbocycles. The first kappa shape index (κ1) is 18.9. The molecule has 30 heavy (non-hydrogen) atoms. The minimum absolute atomic E-state index is 0.403. The zero-order chi connectivity index (χ0) is 20.2. The van der Waals surface area contributed by atoms with Crippen molar-refractivity contribution < 1.29 is 0 Å². The van der Waals surface area contributed by atoms with E-state index >= 15 is 0 Å². The van der Waals surface area contributed by atoms with E-state index in [1.807, 2.05) is 23.0 Å². The standard InChI is InChI=1S/C25H24N4S/c1-2-9-21(10-3-1)28-25-29(27-17-19-13-15-26-16-14-19)24(18-30-25)23-12-6-8-20-7-4-5-11-22(20)23/h4-8,11-18,21H,1-3,9-10H2. The summed E-state index contributed by atoms with van der Waals surface area (Å²) < 4.78 is 2.02. The van der Waals surface area contributed by atoms with Gasteiger partial charge in [-0.15, -0.1) is 11.3 Å². The summed E-state index contributed by atoms with van der Waals surface area (Å²) in [4.78, 5) is 10.2. The summed E-state index contributed by atoms with van der Waals surface area (Å²) in [7, 11) is 0. The van der Waals surface area contributed by atoms with Gasteiger partial charge in [0.25, 0.3) is 0 Å². The minimum Gasteiger partial charge on any atom is -0.265 e. The number of rotatable bonds is 4. The van der Waals surface area contributed by atoms with Gasteiger partial charge in [0.1, 0.15) is 0 Å². The maximum Gasteiger partial charge on any atom is 0.206 e. The van der Waals surface area contributed by atoms with E-state index in [0.29, 0.717) is 6.04 Å². The first-order chi connectivity index (χ1) is 14.9. The van der Waals surface area contributed by atoms with E-state index in [-0.39, 0.29) is 0 Å². The lowest BCUT2D eigenvalue weighted by molar-refractivity contribution is 0.435. The molecule has 0 spiro atoms. The van der Waals surface area contributed by atoms with Crippen molar-refractivity contribution in [3.63, 3.8) is 0 Å². The first-order valence-corrected chi connectivity index (χ1v) is 11.4. The van der Waals surface area contributed by atoms with Crippen LogP contribution in [-0.2, 0) is 0 Å². The normalized spacial score (nSPS) is 15.9. The molecular formula is C25H24N4S. The Kier molecular flexibility index (Phi) is 5.53. The Hall–Kier alpha value is -3.05. The highest BCUT2D eigenvalue weighted by molar-refractivity contribution is 7.07. The summed E-state index contributed by atoms with van der Waals surface area (Å²) in [5, 5.41) is 9.52. The third kappa shape index (κ3) is 3.98. The number of benzene rings is 2. The molecule has 0 amide bonds. The van der Waals surface area contributed by atoms with Crippen LogP contribution in [0.25, 0.3) is 22.0 Å². The van der Waals surface area contributed by atoms with E-state index < -0.39 is 0 Å². The van der Waals surface area contributed by atoms with E-state index in [4.69, 9.17) is 10.1 Å². The van der Waals surface area contributed by atoms with Crippen LogP contribution in [0.1, 0.15) is 37.7 Å². The van der Waals surface area contributed by atoms with Crippen LogP contribution >= 0.6 is 11.3 Å². The monoisotopic (exact) mass is 412 g/mol. The quantitative estimate of drug-likeness (QED) is 0.386. The van der Waals surface area contributed by atoms with Crippen molar-refractivity contribution >= 4 is 28.3 Å². The summed E-state index contributed by atoms with van der Waals surface area (Å²) in [6.45, 7) is 0. The molecule has 0 radical (unpaired) electrons. The van der Waals surface area contributed by atoms with E-state index in [9.17, 15) is 0 Å². The van der Waals surface area contributed by atoms with Crippen LogP contribution in [0.4, 0.5) is 0 Å². The lowest BCUT2D eigenvalue weighted by Crippen LogP contribution is -2.19. The van der Waals surface area contributed by atoms with Crippen LogP contribution in [-0.4, -0.2) is 21.9 Å². The van der Waals surface area contributed by atoms with Gasteiger partial charge < -0.3 is 0 Å². The molecule has 1 aliphatic rings. The van der Waals surface area contributed by atoms with Crippen molar-refractivity contribution in [3.8, 4) is 11.3 Å². The Labute approximate surface area is 180 Å². The Morgan fingerprint density at radius 2 is 1.73 bits per heavy atom. The molecule has 1 fully saturated rings. The number of thiazole rings is 1. The number of hydrogen-bond acceptors (Lipinski definition) is 4. The first-order valence-electron chi connectivity index (χ1n) is 10.6. The molecule has 2 aromatic heterocycles. The Bertz CT molecular complexity index is 1230. The predicted octanol–water partition coefficient (Wildman–Crippen LogP) is 5.88. The van der Waals surface area contributed by atoms with E-state index in [0.717, 1.165) is 16.1 Å². The van der Waals surface area contributed by atoms with Crippen LogP contribution in [0.15, 0.2) is 82.5 Å². The largest absolute Gasteiger partial charge is 0.265 e. The molecule has 4 aromatic rings. The van der Waals surface area contributed by atoms with Gasteiger partial charge in [-0.1, -0.05) is 61.7 Å². The molecule has 0 saturated heterocycles. The molecule has 4 nitrogen and oxygen atoms in total. The van der Waals surface area contributed by atoms with Crippen LogP contribution in [0, 0.1) is 0 Å². The number of fused-ring (bicyclic) bond motifs is 1. The van der Waals surface area contributed by atoms with Gasteiger partial charge in [-0.05, 0) is 41.3 Å². The fourth-order valence-electron chi connectivity index (χ4n) is 4.07. The van der Waals surface area contributed by atoms with Gasteiger partial charge in [-0.3, -0.25) is 9.98 Å². The predicted molar refractivity (Wildman–Crippen MR) is 125 cm³/mol. The second-order valence-electron chi connectivity index (χ2n) is 7.69. The van der Waals surface area contributed by atoms with Crippen LogP contribution in [0.2, 0.25) is 0 Å². The maximum absolute atomic E-state index is 5.11. The highest BCUT2D eigenvalue weighted by Crippen LogP contribution is 2.29. The number of hydrogen-bond donors (Lipinski definition) is 0. The topological polar surface area (TPSA) is 42.5 Å². The van der Waals surface area contributed by atoms with Gasteiger partial charge in [0.05, 0.1) is 18.0 Å². The molecule has 1 aliphatic carbocycles. The van der Waals surface area contributed by atoms with Crippen molar-refractivity contribution in [2.45, 2.75) is 38.1 Å². The van der Waals surface area contributed by atoms with Gasteiger partial charge in [-0.2, -0.15) is 5.10 Å². The molecule has 0 bridgehead atoms. The van der Waals surface area contributed by atoms with Gasteiger partial charge >= 0.3 is 0 Å².